The van der Waals surface area contributed by atoms with Gasteiger partial charge in [0.1, 0.15) is 18.1 Å². The molecule has 138 valence electrons. The summed E-state index contributed by atoms with van der Waals surface area (Å²) in [6, 6.07) is 15.1. The molecule has 2 heterocycles. The molecule has 0 bridgehead atoms. The number of hydrogen-bond acceptors (Lipinski definition) is 5. The van der Waals surface area contributed by atoms with Crippen molar-refractivity contribution in [2.75, 3.05) is 18.1 Å². The lowest BCUT2D eigenvalue weighted by atomic mass is 10.0. The van der Waals surface area contributed by atoms with Gasteiger partial charge in [-0.25, -0.2) is 0 Å². The van der Waals surface area contributed by atoms with Crippen LogP contribution in [-0.4, -0.2) is 24.2 Å². The molecule has 1 aliphatic rings. The highest BCUT2D eigenvalue weighted by Gasteiger charge is 2.31. The predicted molar refractivity (Wildman–Crippen MR) is 101 cm³/mol. The van der Waals surface area contributed by atoms with Crippen LogP contribution in [0, 0.1) is 0 Å². The van der Waals surface area contributed by atoms with Crippen molar-refractivity contribution in [2.45, 2.75) is 20.5 Å². The van der Waals surface area contributed by atoms with Gasteiger partial charge in [0.15, 0.2) is 11.5 Å². The number of hydrogen-bond donors (Lipinski definition) is 0. The molecule has 0 spiro atoms. The van der Waals surface area contributed by atoms with Gasteiger partial charge in [0, 0.05) is 6.54 Å². The number of ether oxygens (including phenoxy) is 2. The first-order valence-electron chi connectivity index (χ1n) is 8.99. The normalized spacial score (nSPS) is 11.9. The Labute approximate surface area is 157 Å². The van der Waals surface area contributed by atoms with Crippen LogP contribution in [0.4, 0.5) is 5.69 Å². The van der Waals surface area contributed by atoms with Crippen LogP contribution in [0.5, 0.6) is 11.5 Å². The molecule has 6 nitrogen and oxygen atoms in total. The third kappa shape index (κ3) is 2.93. The van der Waals surface area contributed by atoms with Gasteiger partial charge >= 0.3 is 0 Å². The number of fused-ring (bicyclic) bond motifs is 3. The van der Waals surface area contributed by atoms with E-state index in [4.69, 9.17) is 14.0 Å². The van der Waals surface area contributed by atoms with Crippen LogP contribution >= 0.6 is 0 Å². The number of aromatic nitrogens is 1. The van der Waals surface area contributed by atoms with Crippen molar-refractivity contribution in [3.8, 4) is 22.8 Å². The van der Waals surface area contributed by atoms with Gasteiger partial charge in [0.25, 0.3) is 5.91 Å². The zero-order valence-electron chi connectivity index (χ0n) is 15.3. The predicted octanol–water partition coefficient (Wildman–Crippen LogP) is 4.30. The highest BCUT2D eigenvalue weighted by Crippen LogP contribution is 2.39. The van der Waals surface area contributed by atoms with Gasteiger partial charge in [-0.05, 0) is 38.1 Å². The topological polar surface area (TPSA) is 64.8 Å². The molecule has 3 aromatic rings. The number of para-hydroxylation sites is 3. The van der Waals surface area contributed by atoms with Crippen LogP contribution in [0.2, 0.25) is 0 Å². The van der Waals surface area contributed by atoms with Crippen molar-refractivity contribution in [3.63, 3.8) is 0 Å². The van der Waals surface area contributed by atoms with Gasteiger partial charge < -0.3 is 18.9 Å². The maximum Gasteiger partial charge on any atom is 0.281 e. The van der Waals surface area contributed by atoms with E-state index < -0.39 is 0 Å². The first-order chi connectivity index (χ1) is 13.2. The van der Waals surface area contributed by atoms with E-state index >= 15 is 0 Å². The standard InChI is InChI=1S/C21H20N2O4/c1-3-23(16-10-6-8-12-18(16)25-4-2)21(24)19-15-13-26-17-11-7-5-9-14(17)20(15)27-22-19/h5-12H,3-4,13H2,1-2H3. The van der Waals surface area contributed by atoms with E-state index in [1.807, 2.05) is 62.4 Å². The van der Waals surface area contributed by atoms with Crippen molar-refractivity contribution in [1.82, 2.24) is 5.16 Å². The summed E-state index contributed by atoms with van der Waals surface area (Å²) >= 11 is 0. The Hall–Kier alpha value is -3.28. The number of carbonyl (C=O) groups is 1. The molecule has 4 rings (SSSR count). The fourth-order valence-corrected chi connectivity index (χ4v) is 3.26. The van der Waals surface area contributed by atoms with Gasteiger partial charge in [-0.3, -0.25) is 4.79 Å². The summed E-state index contributed by atoms with van der Waals surface area (Å²) in [4.78, 5) is 14.9. The minimum Gasteiger partial charge on any atom is -0.492 e. The second-order valence-electron chi connectivity index (χ2n) is 6.07. The molecule has 0 aliphatic carbocycles. The van der Waals surface area contributed by atoms with Crippen LogP contribution in [0.25, 0.3) is 11.3 Å². The minimum atomic E-state index is -0.238. The fraction of sp³-hybridized carbons (Fsp3) is 0.238. The molecule has 1 aliphatic heterocycles. The zero-order chi connectivity index (χ0) is 18.8. The van der Waals surface area contributed by atoms with Crippen LogP contribution in [-0.2, 0) is 6.61 Å². The average molecular weight is 364 g/mol. The molecule has 0 saturated carbocycles. The number of carbonyl (C=O) groups excluding carboxylic acids is 1. The molecular formula is C21H20N2O4. The molecule has 27 heavy (non-hydrogen) atoms. The van der Waals surface area contributed by atoms with Gasteiger partial charge in [0.2, 0.25) is 0 Å². The summed E-state index contributed by atoms with van der Waals surface area (Å²) in [5.41, 5.74) is 2.46. The Balaban J connectivity index is 1.73. The Morgan fingerprint density at radius 2 is 1.93 bits per heavy atom. The molecule has 0 N–H and O–H groups in total. The Morgan fingerprint density at radius 1 is 1.15 bits per heavy atom. The maximum atomic E-state index is 13.3. The number of rotatable bonds is 5. The Kier molecular flexibility index (Phi) is 4.54. The van der Waals surface area contributed by atoms with Gasteiger partial charge in [-0.2, -0.15) is 0 Å². The lowest BCUT2D eigenvalue weighted by molar-refractivity contribution is 0.0976. The summed E-state index contributed by atoms with van der Waals surface area (Å²) in [6.07, 6.45) is 0. The molecule has 2 aromatic carbocycles. The molecule has 1 aromatic heterocycles. The first-order valence-corrected chi connectivity index (χ1v) is 8.99. The Morgan fingerprint density at radius 3 is 2.74 bits per heavy atom. The number of nitrogens with zero attached hydrogens (tertiary/aromatic N) is 2. The first kappa shape index (κ1) is 17.1. The number of amides is 1. The monoisotopic (exact) mass is 364 g/mol. The van der Waals surface area contributed by atoms with Crippen molar-refractivity contribution in [2.24, 2.45) is 0 Å². The van der Waals surface area contributed by atoms with Gasteiger partial charge in [0.05, 0.1) is 23.4 Å². The lowest BCUT2D eigenvalue weighted by Gasteiger charge is -2.23. The van der Waals surface area contributed by atoms with Gasteiger partial charge in [-0.1, -0.05) is 29.4 Å². The fourth-order valence-electron chi connectivity index (χ4n) is 3.26. The third-order valence-electron chi connectivity index (χ3n) is 4.51. The van der Waals surface area contributed by atoms with Crippen molar-refractivity contribution in [1.29, 1.82) is 0 Å². The summed E-state index contributed by atoms with van der Waals surface area (Å²) < 4.78 is 17.0. The number of benzene rings is 2. The van der Waals surface area contributed by atoms with Crippen LogP contribution in [0.15, 0.2) is 53.1 Å². The van der Waals surface area contributed by atoms with Crippen LogP contribution in [0.3, 0.4) is 0 Å². The quantitative estimate of drug-likeness (QED) is 0.675. The highest BCUT2D eigenvalue weighted by atomic mass is 16.5. The van der Waals surface area contributed by atoms with Crippen molar-refractivity contribution in [3.05, 3.63) is 59.8 Å². The molecule has 1 amide bonds. The molecule has 0 fully saturated rings. The SMILES string of the molecule is CCOc1ccccc1N(CC)C(=O)c1noc2c1COc1ccccc1-2. The molecule has 0 atom stereocenters. The summed E-state index contributed by atoms with van der Waals surface area (Å²) in [7, 11) is 0. The molecule has 0 saturated heterocycles. The second-order valence-corrected chi connectivity index (χ2v) is 6.07. The smallest absolute Gasteiger partial charge is 0.281 e. The van der Waals surface area contributed by atoms with Crippen molar-refractivity contribution < 1.29 is 18.8 Å². The molecular weight excluding hydrogens is 344 g/mol. The van der Waals surface area contributed by atoms with E-state index in [1.54, 1.807) is 4.90 Å². The van der Waals surface area contributed by atoms with Crippen LogP contribution < -0.4 is 14.4 Å². The lowest BCUT2D eigenvalue weighted by Crippen LogP contribution is -2.32. The van der Waals surface area contributed by atoms with Gasteiger partial charge in [-0.15, -0.1) is 0 Å². The van der Waals surface area contributed by atoms with E-state index in [9.17, 15) is 4.79 Å². The zero-order valence-corrected chi connectivity index (χ0v) is 15.3. The molecule has 6 heteroatoms. The minimum absolute atomic E-state index is 0.238. The third-order valence-corrected chi connectivity index (χ3v) is 4.51. The van der Waals surface area contributed by atoms with Crippen LogP contribution in [0.1, 0.15) is 29.9 Å². The van der Waals surface area contributed by atoms with E-state index in [0.29, 0.717) is 35.9 Å². The maximum absolute atomic E-state index is 13.3. The summed E-state index contributed by atoms with van der Waals surface area (Å²) in [5.74, 6) is 1.75. The Bertz CT molecular complexity index is 980. The summed E-state index contributed by atoms with van der Waals surface area (Å²) in [5, 5.41) is 4.08. The molecule has 0 radical (unpaired) electrons. The number of anilines is 1. The highest BCUT2D eigenvalue weighted by molar-refractivity contribution is 6.07. The summed E-state index contributed by atoms with van der Waals surface area (Å²) in [6.45, 7) is 5.08. The van der Waals surface area contributed by atoms with E-state index in [-0.39, 0.29) is 18.2 Å². The second kappa shape index (κ2) is 7.15. The van der Waals surface area contributed by atoms with E-state index in [2.05, 4.69) is 5.16 Å². The van der Waals surface area contributed by atoms with E-state index in [1.165, 1.54) is 0 Å². The van der Waals surface area contributed by atoms with Crippen molar-refractivity contribution >= 4 is 11.6 Å². The average Bonchev–Trinajstić information content (AvgIpc) is 3.14. The largest absolute Gasteiger partial charge is 0.492 e. The molecule has 0 unspecified atom stereocenters. The van der Waals surface area contributed by atoms with E-state index in [0.717, 1.165) is 11.3 Å².